The van der Waals surface area contributed by atoms with E-state index in [0.29, 0.717) is 36.8 Å². The number of benzene rings is 1. The van der Waals surface area contributed by atoms with Crippen LogP contribution in [0.3, 0.4) is 0 Å². The smallest absolute Gasteiger partial charge is 0.332 e. The first kappa shape index (κ1) is 20.9. The molecule has 1 aromatic carbocycles. The molecule has 0 radical (unpaired) electrons. The largest absolute Gasteiger partial charge is 0.494 e. The van der Waals surface area contributed by atoms with Crippen LogP contribution in [0.15, 0.2) is 33.9 Å². The van der Waals surface area contributed by atoms with Gasteiger partial charge in [-0.25, -0.2) is 4.79 Å². The van der Waals surface area contributed by atoms with Gasteiger partial charge < -0.3 is 9.47 Å². The maximum absolute atomic E-state index is 13.3. The molecule has 4 aromatic rings. The van der Waals surface area contributed by atoms with Gasteiger partial charge in [-0.1, -0.05) is 0 Å². The van der Waals surface area contributed by atoms with Crippen LogP contribution in [0.25, 0.3) is 22.6 Å². The van der Waals surface area contributed by atoms with Crippen molar-refractivity contribution in [3.63, 3.8) is 0 Å². The summed E-state index contributed by atoms with van der Waals surface area (Å²) >= 11 is 0. The number of fused-ring (bicyclic) bond motifs is 3. The first-order chi connectivity index (χ1) is 14.9. The Balaban J connectivity index is 1.98. The second kappa shape index (κ2) is 8.07. The molecule has 4 rings (SSSR count). The van der Waals surface area contributed by atoms with Crippen molar-refractivity contribution in [1.82, 2.24) is 23.1 Å². The van der Waals surface area contributed by atoms with Crippen molar-refractivity contribution >= 4 is 16.9 Å². The van der Waals surface area contributed by atoms with Crippen LogP contribution >= 0.6 is 0 Å². The van der Waals surface area contributed by atoms with Crippen LogP contribution in [0.2, 0.25) is 0 Å². The molecule has 9 nitrogen and oxygen atoms in total. The Kier molecular flexibility index (Phi) is 5.45. The van der Waals surface area contributed by atoms with E-state index in [0.717, 1.165) is 22.8 Å². The lowest BCUT2D eigenvalue weighted by Crippen LogP contribution is -2.40. The van der Waals surface area contributed by atoms with E-state index < -0.39 is 5.69 Å². The third kappa shape index (κ3) is 3.25. The normalized spacial score (nSPS) is 11.6. The van der Waals surface area contributed by atoms with Gasteiger partial charge in [-0.3, -0.25) is 22.9 Å². The molecule has 0 unspecified atom stereocenters. The third-order valence-corrected chi connectivity index (χ3v) is 5.59. The molecule has 3 aromatic heterocycles. The van der Waals surface area contributed by atoms with E-state index in [-0.39, 0.29) is 12.1 Å². The molecular formula is C22H27N5O4. The zero-order valence-corrected chi connectivity index (χ0v) is 18.5. The van der Waals surface area contributed by atoms with E-state index >= 15 is 0 Å². The van der Waals surface area contributed by atoms with Crippen molar-refractivity contribution in [3.05, 3.63) is 56.5 Å². The summed E-state index contributed by atoms with van der Waals surface area (Å²) in [5, 5.41) is 0. The molecule has 31 heavy (non-hydrogen) atoms. The molecule has 0 atom stereocenters. The monoisotopic (exact) mass is 425 g/mol. The van der Waals surface area contributed by atoms with E-state index in [1.165, 1.54) is 9.13 Å². The second-order valence-electron chi connectivity index (χ2n) is 7.35. The molecule has 164 valence electrons. The molecule has 0 aliphatic heterocycles. The van der Waals surface area contributed by atoms with Crippen molar-refractivity contribution in [1.29, 1.82) is 0 Å². The van der Waals surface area contributed by atoms with E-state index in [1.807, 2.05) is 60.9 Å². The van der Waals surface area contributed by atoms with Crippen LogP contribution in [0.5, 0.6) is 5.75 Å². The lowest BCUT2D eigenvalue weighted by atomic mass is 10.3. The van der Waals surface area contributed by atoms with Gasteiger partial charge in [-0.2, -0.15) is 4.98 Å². The minimum absolute atomic E-state index is 0.195. The van der Waals surface area contributed by atoms with Crippen LogP contribution < -0.4 is 16.0 Å². The first-order valence-corrected chi connectivity index (χ1v) is 10.4. The van der Waals surface area contributed by atoms with Crippen LogP contribution in [-0.4, -0.2) is 42.9 Å². The number of ether oxygens (including phenoxy) is 2. The molecule has 0 amide bonds. The topological polar surface area (TPSA) is 84.7 Å². The average Bonchev–Trinajstić information content (AvgIpc) is 3.26. The van der Waals surface area contributed by atoms with Crippen LogP contribution in [0, 0.1) is 13.8 Å². The molecule has 0 bridgehead atoms. The molecule has 0 saturated carbocycles. The Morgan fingerprint density at radius 2 is 1.71 bits per heavy atom. The fourth-order valence-electron chi connectivity index (χ4n) is 3.92. The van der Waals surface area contributed by atoms with Gasteiger partial charge in [0.15, 0.2) is 11.2 Å². The highest BCUT2D eigenvalue weighted by Crippen LogP contribution is 2.25. The predicted octanol–water partition coefficient (Wildman–Crippen LogP) is 2.19. The fraction of sp³-hybridized carbons (Fsp3) is 0.409. The SMILES string of the molecule is CCOCCn1c(=O)c2c(nc3n(-c4ccc(OCC)cc4)c(C)c(C)n23)n(C)c1=O. The number of aromatic nitrogens is 5. The highest BCUT2D eigenvalue weighted by atomic mass is 16.5. The number of rotatable bonds is 7. The van der Waals surface area contributed by atoms with Gasteiger partial charge in [0.05, 0.1) is 19.8 Å². The fourth-order valence-corrected chi connectivity index (χ4v) is 3.92. The van der Waals surface area contributed by atoms with Gasteiger partial charge in [0, 0.05) is 30.7 Å². The number of hydrogen-bond acceptors (Lipinski definition) is 5. The van der Waals surface area contributed by atoms with Crippen LogP contribution in [0.1, 0.15) is 25.2 Å². The lowest BCUT2D eigenvalue weighted by Gasteiger charge is -2.09. The Bertz CT molecular complexity index is 1370. The zero-order valence-electron chi connectivity index (χ0n) is 18.5. The summed E-state index contributed by atoms with van der Waals surface area (Å²) in [5.74, 6) is 1.38. The van der Waals surface area contributed by atoms with Crippen molar-refractivity contribution in [2.75, 3.05) is 19.8 Å². The summed E-state index contributed by atoms with van der Waals surface area (Å²) in [7, 11) is 1.64. The van der Waals surface area contributed by atoms with E-state index in [9.17, 15) is 9.59 Å². The minimum Gasteiger partial charge on any atom is -0.494 e. The van der Waals surface area contributed by atoms with Crippen molar-refractivity contribution in [2.45, 2.75) is 34.2 Å². The molecule has 3 heterocycles. The summed E-state index contributed by atoms with van der Waals surface area (Å²) in [6.45, 7) is 9.37. The van der Waals surface area contributed by atoms with E-state index in [4.69, 9.17) is 14.5 Å². The van der Waals surface area contributed by atoms with Gasteiger partial charge >= 0.3 is 5.69 Å². The number of hydrogen-bond donors (Lipinski definition) is 0. The van der Waals surface area contributed by atoms with Crippen LogP contribution in [-0.2, 0) is 18.3 Å². The van der Waals surface area contributed by atoms with Crippen molar-refractivity contribution < 1.29 is 9.47 Å². The molecule has 0 aliphatic carbocycles. The van der Waals surface area contributed by atoms with Crippen LogP contribution in [0.4, 0.5) is 0 Å². The Morgan fingerprint density at radius 3 is 2.35 bits per heavy atom. The van der Waals surface area contributed by atoms with Crippen molar-refractivity contribution in [2.24, 2.45) is 7.05 Å². The summed E-state index contributed by atoms with van der Waals surface area (Å²) in [5.41, 5.74) is 2.73. The minimum atomic E-state index is -0.403. The summed E-state index contributed by atoms with van der Waals surface area (Å²) < 4.78 is 17.4. The summed E-state index contributed by atoms with van der Waals surface area (Å²) in [4.78, 5) is 30.8. The molecule has 0 fully saturated rings. The van der Waals surface area contributed by atoms with Gasteiger partial charge in [0.2, 0.25) is 5.78 Å². The number of aryl methyl sites for hydroxylation is 2. The maximum Gasteiger partial charge on any atom is 0.332 e. The molecule has 0 spiro atoms. The zero-order chi connectivity index (χ0) is 22.3. The highest BCUT2D eigenvalue weighted by molar-refractivity contribution is 5.77. The summed E-state index contributed by atoms with van der Waals surface area (Å²) in [6.07, 6.45) is 0. The summed E-state index contributed by atoms with van der Waals surface area (Å²) in [6, 6.07) is 7.72. The maximum atomic E-state index is 13.3. The number of nitrogens with zero attached hydrogens (tertiary/aromatic N) is 5. The van der Waals surface area contributed by atoms with Gasteiger partial charge in [-0.05, 0) is 52.0 Å². The average molecular weight is 425 g/mol. The number of imidazole rings is 2. The van der Waals surface area contributed by atoms with Crippen molar-refractivity contribution in [3.8, 4) is 11.4 Å². The Hall–Kier alpha value is -3.33. The van der Waals surface area contributed by atoms with E-state index in [1.54, 1.807) is 7.05 Å². The highest BCUT2D eigenvalue weighted by Gasteiger charge is 2.23. The first-order valence-electron chi connectivity index (χ1n) is 10.4. The van der Waals surface area contributed by atoms with Gasteiger partial charge in [0.1, 0.15) is 5.75 Å². The lowest BCUT2D eigenvalue weighted by molar-refractivity contribution is 0.137. The van der Waals surface area contributed by atoms with E-state index in [2.05, 4.69) is 0 Å². The third-order valence-electron chi connectivity index (χ3n) is 5.59. The van der Waals surface area contributed by atoms with Gasteiger partial charge in [0.25, 0.3) is 5.56 Å². The Morgan fingerprint density at radius 1 is 1.00 bits per heavy atom. The quantitative estimate of drug-likeness (QED) is 0.424. The molecule has 0 aliphatic rings. The van der Waals surface area contributed by atoms with Gasteiger partial charge in [-0.15, -0.1) is 0 Å². The second-order valence-corrected chi connectivity index (χ2v) is 7.35. The molecule has 9 heteroatoms. The predicted molar refractivity (Wildman–Crippen MR) is 119 cm³/mol. The molecule has 0 saturated heterocycles. The molecule has 0 N–H and O–H groups in total. The standard InChI is InChI=1S/C22H27N5O4/c1-6-30-13-12-25-20(28)18-19(24(5)22(25)29)23-21-26(14(3)15(4)27(18)21)16-8-10-17(11-9-16)31-7-2/h8-11H,6-7,12-13H2,1-5H3. The Labute approximate surface area is 179 Å². The molecular weight excluding hydrogens is 398 g/mol.